The third-order valence-electron chi connectivity index (χ3n) is 2.24. The van der Waals surface area contributed by atoms with Crippen LogP contribution in [-0.4, -0.2) is 42.6 Å². The van der Waals surface area contributed by atoms with Crippen molar-refractivity contribution in [3.63, 3.8) is 0 Å². The van der Waals surface area contributed by atoms with E-state index in [1.165, 1.54) is 39.3 Å². The smallest absolute Gasteiger partial charge is 0.0505 e. The van der Waals surface area contributed by atoms with Crippen LogP contribution in [0.1, 0.15) is 20.3 Å². The Labute approximate surface area is 63.8 Å². The van der Waals surface area contributed by atoms with Crippen LogP contribution in [0.15, 0.2) is 0 Å². The Hall–Kier alpha value is -0.0800. The minimum atomic E-state index is 1.19. The van der Waals surface area contributed by atoms with Gasteiger partial charge in [0.2, 0.25) is 0 Å². The molecular formula is C8H18N2. The number of likely N-dealkylation sites (tertiary alicyclic amines) is 1. The molecule has 0 atom stereocenters. The van der Waals surface area contributed by atoms with Crippen LogP contribution in [0.5, 0.6) is 0 Å². The molecule has 10 heavy (non-hydrogen) atoms. The molecule has 1 rings (SSSR count). The minimum Gasteiger partial charge on any atom is -0.291 e. The molecule has 1 aliphatic rings. The summed E-state index contributed by atoms with van der Waals surface area (Å²) in [5, 5.41) is 0. The highest BCUT2D eigenvalue weighted by molar-refractivity contribution is 4.67. The fourth-order valence-electron chi connectivity index (χ4n) is 1.23. The first-order chi connectivity index (χ1) is 4.86. The van der Waals surface area contributed by atoms with Gasteiger partial charge in [0.25, 0.3) is 0 Å². The topological polar surface area (TPSA) is 6.48 Å². The predicted octanol–water partition coefficient (Wildman–Crippen LogP) is 0.991. The summed E-state index contributed by atoms with van der Waals surface area (Å²) in [4.78, 5) is 4.95. The van der Waals surface area contributed by atoms with E-state index in [0.29, 0.717) is 0 Å². The van der Waals surface area contributed by atoms with Crippen LogP contribution >= 0.6 is 0 Å². The van der Waals surface area contributed by atoms with Crippen LogP contribution < -0.4 is 0 Å². The van der Waals surface area contributed by atoms with E-state index in [4.69, 9.17) is 0 Å². The zero-order chi connectivity index (χ0) is 7.40. The van der Waals surface area contributed by atoms with E-state index >= 15 is 0 Å². The molecule has 60 valence electrons. The molecule has 0 aromatic heterocycles. The van der Waals surface area contributed by atoms with Crippen molar-refractivity contribution >= 4 is 0 Å². The number of hydrogen-bond acceptors (Lipinski definition) is 2. The van der Waals surface area contributed by atoms with Crippen LogP contribution in [0, 0.1) is 0 Å². The maximum absolute atomic E-state index is 2.49. The van der Waals surface area contributed by atoms with Crippen LogP contribution in [-0.2, 0) is 0 Å². The summed E-state index contributed by atoms with van der Waals surface area (Å²) in [6, 6.07) is 0. The molecule has 0 saturated carbocycles. The zero-order valence-electron chi connectivity index (χ0n) is 7.14. The van der Waals surface area contributed by atoms with Gasteiger partial charge < -0.3 is 0 Å². The molecule has 0 spiro atoms. The average molecular weight is 142 g/mol. The zero-order valence-corrected chi connectivity index (χ0v) is 7.14. The Kier molecular flexibility index (Phi) is 3.16. The van der Waals surface area contributed by atoms with Crippen LogP contribution in [0.2, 0.25) is 0 Å². The molecule has 0 aliphatic carbocycles. The molecule has 0 bridgehead atoms. The van der Waals surface area contributed by atoms with Gasteiger partial charge in [-0.3, -0.25) is 9.80 Å². The second-order valence-corrected chi connectivity index (χ2v) is 2.92. The van der Waals surface area contributed by atoms with Gasteiger partial charge in [0.1, 0.15) is 0 Å². The largest absolute Gasteiger partial charge is 0.291 e. The Morgan fingerprint density at radius 1 is 1.20 bits per heavy atom. The van der Waals surface area contributed by atoms with Gasteiger partial charge in [-0.2, -0.15) is 0 Å². The Balaban J connectivity index is 2.08. The van der Waals surface area contributed by atoms with Crippen LogP contribution in [0.25, 0.3) is 0 Å². The van der Waals surface area contributed by atoms with Crippen molar-refractivity contribution in [2.75, 3.05) is 32.8 Å². The van der Waals surface area contributed by atoms with Crippen LogP contribution in [0.3, 0.4) is 0 Å². The van der Waals surface area contributed by atoms with Gasteiger partial charge >= 0.3 is 0 Å². The van der Waals surface area contributed by atoms with Crippen LogP contribution in [0.4, 0.5) is 0 Å². The third kappa shape index (κ3) is 1.96. The summed E-state index contributed by atoms with van der Waals surface area (Å²) in [7, 11) is 0. The van der Waals surface area contributed by atoms with Gasteiger partial charge in [-0.25, -0.2) is 0 Å². The predicted molar refractivity (Wildman–Crippen MR) is 44.0 cm³/mol. The maximum Gasteiger partial charge on any atom is 0.0505 e. The molecule has 0 aromatic rings. The van der Waals surface area contributed by atoms with E-state index in [2.05, 4.69) is 23.6 Å². The van der Waals surface area contributed by atoms with Crippen molar-refractivity contribution in [1.82, 2.24) is 9.80 Å². The molecule has 0 aromatic carbocycles. The first-order valence-corrected chi connectivity index (χ1v) is 4.31. The molecule has 1 saturated heterocycles. The summed E-state index contributed by atoms with van der Waals surface area (Å²) in [6.07, 6.45) is 1.40. The Morgan fingerprint density at radius 3 is 2.10 bits per heavy atom. The maximum atomic E-state index is 2.49. The molecule has 1 aliphatic heterocycles. The molecule has 0 amide bonds. The van der Waals surface area contributed by atoms with Crippen molar-refractivity contribution < 1.29 is 0 Å². The lowest BCUT2D eigenvalue weighted by Crippen LogP contribution is -2.45. The van der Waals surface area contributed by atoms with E-state index in [1.54, 1.807) is 0 Å². The summed E-state index contributed by atoms with van der Waals surface area (Å²) < 4.78 is 0. The quantitative estimate of drug-likeness (QED) is 0.577. The van der Waals surface area contributed by atoms with Crippen molar-refractivity contribution in [2.45, 2.75) is 20.3 Å². The van der Waals surface area contributed by atoms with Crippen molar-refractivity contribution in [3.05, 3.63) is 0 Å². The first-order valence-electron chi connectivity index (χ1n) is 4.31. The molecule has 0 unspecified atom stereocenters. The number of nitrogens with zero attached hydrogens (tertiary/aromatic N) is 2. The average Bonchev–Trinajstić information content (AvgIpc) is 1.87. The lowest BCUT2D eigenvalue weighted by atomic mass is 10.2. The number of hydrogen-bond donors (Lipinski definition) is 0. The molecular weight excluding hydrogens is 124 g/mol. The lowest BCUT2D eigenvalue weighted by Gasteiger charge is -2.35. The monoisotopic (exact) mass is 142 g/mol. The van der Waals surface area contributed by atoms with Gasteiger partial charge in [-0.05, 0) is 19.5 Å². The second-order valence-electron chi connectivity index (χ2n) is 2.92. The summed E-state index contributed by atoms with van der Waals surface area (Å²) >= 11 is 0. The lowest BCUT2D eigenvalue weighted by molar-refractivity contribution is 0.0885. The van der Waals surface area contributed by atoms with Gasteiger partial charge in [0.15, 0.2) is 0 Å². The first kappa shape index (κ1) is 8.02. The van der Waals surface area contributed by atoms with Gasteiger partial charge in [-0.15, -0.1) is 0 Å². The fourth-order valence-corrected chi connectivity index (χ4v) is 1.23. The van der Waals surface area contributed by atoms with Gasteiger partial charge in [0.05, 0.1) is 6.67 Å². The minimum absolute atomic E-state index is 1.19. The number of rotatable bonds is 4. The van der Waals surface area contributed by atoms with Crippen molar-refractivity contribution in [2.24, 2.45) is 0 Å². The Morgan fingerprint density at radius 2 is 1.80 bits per heavy atom. The highest BCUT2D eigenvalue weighted by Crippen LogP contribution is 2.05. The van der Waals surface area contributed by atoms with Crippen molar-refractivity contribution in [3.8, 4) is 0 Å². The van der Waals surface area contributed by atoms with E-state index < -0.39 is 0 Å². The van der Waals surface area contributed by atoms with E-state index in [-0.39, 0.29) is 0 Å². The van der Waals surface area contributed by atoms with Gasteiger partial charge in [0, 0.05) is 13.1 Å². The van der Waals surface area contributed by atoms with E-state index in [1.807, 2.05) is 0 Å². The molecule has 1 fully saturated rings. The SMILES string of the molecule is CCN(CC)CN1CCC1. The molecule has 2 heteroatoms. The third-order valence-corrected chi connectivity index (χ3v) is 2.24. The molecule has 1 heterocycles. The highest BCUT2D eigenvalue weighted by atomic mass is 15.3. The highest BCUT2D eigenvalue weighted by Gasteiger charge is 2.14. The van der Waals surface area contributed by atoms with Gasteiger partial charge in [-0.1, -0.05) is 13.8 Å². The summed E-state index contributed by atoms with van der Waals surface area (Å²) in [5.74, 6) is 0. The Bertz CT molecular complexity index is 85.3. The normalized spacial score (nSPS) is 19.5. The summed E-state index contributed by atoms with van der Waals surface area (Å²) in [6.45, 7) is 10.6. The molecule has 0 N–H and O–H groups in total. The van der Waals surface area contributed by atoms with E-state index in [0.717, 1.165) is 0 Å². The van der Waals surface area contributed by atoms with E-state index in [9.17, 15) is 0 Å². The molecule has 0 radical (unpaired) electrons. The summed E-state index contributed by atoms with van der Waals surface area (Å²) in [5.41, 5.74) is 0. The molecule has 2 nitrogen and oxygen atoms in total. The fraction of sp³-hybridized carbons (Fsp3) is 1.00. The standard InChI is InChI=1S/C8H18N2/c1-3-9(4-2)8-10-6-5-7-10/h3-8H2,1-2H3. The second kappa shape index (κ2) is 3.94. The van der Waals surface area contributed by atoms with Crippen molar-refractivity contribution in [1.29, 1.82) is 0 Å².